The van der Waals surface area contributed by atoms with Crippen LogP contribution in [0.25, 0.3) is 0 Å². The third-order valence-corrected chi connectivity index (χ3v) is 3.42. The number of piperidine rings is 1. The first-order valence-corrected chi connectivity index (χ1v) is 5.92. The molecule has 0 aromatic heterocycles. The number of hydrogen-bond acceptors (Lipinski definition) is 3. The molecule has 5 nitrogen and oxygen atoms in total. The first kappa shape index (κ1) is 15.2. The highest BCUT2D eigenvalue weighted by molar-refractivity contribution is 5.79. The number of alkyl halides is 4. The zero-order valence-corrected chi connectivity index (χ0v) is 10.5. The molecule has 1 N–H and O–H groups in total. The number of non-ortho nitro benzene ring substituents is 1. The highest BCUT2D eigenvalue weighted by Crippen LogP contribution is 2.47. The molecule has 2 rings (SSSR count). The van der Waals surface area contributed by atoms with E-state index in [1.807, 2.05) is 0 Å². The summed E-state index contributed by atoms with van der Waals surface area (Å²) in [7, 11) is 0. The highest BCUT2D eigenvalue weighted by Gasteiger charge is 2.64. The van der Waals surface area contributed by atoms with Crippen molar-refractivity contribution in [3.63, 3.8) is 0 Å². The Kier molecular flexibility index (Phi) is 3.60. The Morgan fingerprint density at radius 2 is 2.00 bits per heavy atom. The zero-order chi connectivity index (χ0) is 15.8. The summed E-state index contributed by atoms with van der Waals surface area (Å²) in [6, 6.07) is 3.56. The van der Waals surface area contributed by atoms with Gasteiger partial charge in [-0.15, -0.1) is 0 Å². The van der Waals surface area contributed by atoms with E-state index in [1.165, 1.54) is 0 Å². The van der Waals surface area contributed by atoms with Gasteiger partial charge in [-0.3, -0.25) is 14.9 Å². The van der Waals surface area contributed by atoms with Crippen LogP contribution in [0.5, 0.6) is 0 Å². The van der Waals surface area contributed by atoms with E-state index < -0.39 is 52.8 Å². The number of nitrogens with zero attached hydrogens (tertiary/aromatic N) is 1. The maximum absolute atomic E-state index is 14.1. The fraction of sp³-hybridized carbons (Fsp3) is 0.417. The summed E-state index contributed by atoms with van der Waals surface area (Å²) in [4.78, 5) is 21.1. The monoisotopic (exact) mass is 306 g/mol. The van der Waals surface area contributed by atoms with Gasteiger partial charge in [-0.2, -0.15) is 0 Å². The largest absolute Gasteiger partial charge is 0.336 e. The SMILES string of the molecule is O=C1CCC(F)(F)[C@](c2cccc([N+](=O)[O-])c2)(C(F)F)N1. The number of nitrogens with one attached hydrogen (secondary N) is 1. The Hall–Kier alpha value is -2.19. The van der Waals surface area contributed by atoms with Crippen molar-refractivity contribution in [2.24, 2.45) is 0 Å². The molecule has 0 spiro atoms. The van der Waals surface area contributed by atoms with E-state index in [9.17, 15) is 32.5 Å². The van der Waals surface area contributed by atoms with Crippen LogP contribution in [0.2, 0.25) is 0 Å². The van der Waals surface area contributed by atoms with E-state index in [-0.39, 0.29) is 0 Å². The van der Waals surface area contributed by atoms with Gasteiger partial charge in [0.25, 0.3) is 18.0 Å². The Morgan fingerprint density at radius 3 is 2.57 bits per heavy atom. The molecule has 1 aliphatic heterocycles. The first-order valence-electron chi connectivity index (χ1n) is 5.92. The van der Waals surface area contributed by atoms with Crippen molar-refractivity contribution in [2.45, 2.75) is 30.7 Å². The van der Waals surface area contributed by atoms with Crippen LogP contribution in [0.1, 0.15) is 18.4 Å². The number of hydrogen-bond donors (Lipinski definition) is 1. The summed E-state index contributed by atoms with van der Waals surface area (Å²) in [5.41, 5.74) is -4.55. The molecule has 9 heteroatoms. The minimum Gasteiger partial charge on any atom is -0.336 e. The molecular weight excluding hydrogens is 296 g/mol. The van der Waals surface area contributed by atoms with Crippen LogP contribution in [0.15, 0.2) is 24.3 Å². The van der Waals surface area contributed by atoms with Crippen LogP contribution in [0.4, 0.5) is 23.2 Å². The van der Waals surface area contributed by atoms with Crippen LogP contribution >= 0.6 is 0 Å². The quantitative estimate of drug-likeness (QED) is 0.530. The van der Waals surface area contributed by atoms with Gasteiger partial charge in [0.2, 0.25) is 5.91 Å². The predicted molar refractivity (Wildman–Crippen MR) is 63.1 cm³/mol. The Bertz CT molecular complexity index is 594. The number of nitro groups is 1. The van der Waals surface area contributed by atoms with E-state index in [0.29, 0.717) is 6.07 Å². The molecule has 0 bridgehead atoms. The van der Waals surface area contributed by atoms with Crippen molar-refractivity contribution in [1.82, 2.24) is 5.32 Å². The van der Waals surface area contributed by atoms with Gasteiger partial charge in [-0.1, -0.05) is 12.1 Å². The number of rotatable bonds is 3. The van der Waals surface area contributed by atoms with Gasteiger partial charge in [0.05, 0.1) is 4.92 Å². The smallest absolute Gasteiger partial charge is 0.281 e. The van der Waals surface area contributed by atoms with Crippen LogP contribution in [0, 0.1) is 10.1 Å². The molecule has 0 radical (unpaired) electrons. The fourth-order valence-electron chi connectivity index (χ4n) is 2.33. The van der Waals surface area contributed by atoms with Gasteiger partial charge >= 0.3 is 0 Å². The van der Waals surface area contributed by atoms with Gasteiger partial charge in [0.1, 0.15) is 0 Å². The summed E-state index contributed by atoms with van der Waals surface area (Å²) < 4.78 is 55.0. The van der Waals surface area contributed by atoms with Crippen LogP contribution < -0.4 is 5.32 Å². The molecule has 21 heavy (non-hydrogen) atoms. The Morgan fingerprint density at radius 1 is 1.33 bits per heavy atom. The minimum absolute atomic E-state index is 0.587. The van der Waals surface area contributed by atoms with E-state index in [2.05, 4.69) is 0 Å². The molecule has 1 fully saturated rings. The number of carbonyl (C=O) groups excluding carboxylic acids is 1. The molecule has 1 amide bonds. The van der Waals surface area contributed by atoms with E-state index in [0.717, 1.165) is 18.2 Å². The second-order valence-corrected chi connectivity index (χ2v) is 4.67. The number of carbonyl (C=O) groups is 1. The molecule has 1 atom stereocenters. The normalized spacial score (nSPS) is 24.7. The molecule has 0 saturated carbocycles. The Labute approximate surface area is 116 Å². The van der Waals surface area contributed by atoms with Crippen molar-refractivity contribution in [3.05, 3.63) is 39.9 Å². The van der Waals surface area contributed by atoms with Crippen molar-refractivity contribution < 1.29 is 27.3 Å². The van der Waals surface area contributed by atoms with Crippen molar-refractivity contribution in [3.8, 4) is 0 Å². The van der Waals surface area contributed by atoms with Gasteiger partial charge in [-0.25, -0.2) is 17.6 Å². The third kappa shape index (κ3) is 2.32. The second-order valence-electron chi connectivity index (χ2n) is 4.67. The van der Waals surface area contributed by atoms with E-state index >= 15 is 0 Å². The van der Waals surface area contributed by atoms with Gasteiger partial charge < -0.3 is 5.32 Å². The van der Waals surface area contributed by atoms with Crippen LogP contribution in [-0.4, -0.2) is 23.2 Å². The molecule has 0 aliphatic carbocycles. The molecule has 1 saturated heterocycles. The minimum atomic E-state index is -3.93. The molecule has 0 unspecified atom stereocenters. The lowest BCUT2D eigenvalue weighted by atomic mass is 9.78. The van der Waals surface area contributed by atoms with E-state index in [4.69, 9.17) is 0 Å². The maximum atomic E-state index is 14.1. The van der Waals surface area contributed by atoms with Crippen LogP contribution in [-0.2, 0) is 10.3 Å². The summed E-state index contributed by atoms with van der Waals surface area (Å²) in [6.07, 6.45) is -5.26. The lowest BCUT2D eigenvalue weighted by Crippen LogP contribution is -2.65. The molecular formula is C12H10F4N2O3. The predicted octanol–water partition coefficient (Wildman–Crippen LogP) is 2.60. The highest BCUT2D eigenvalue weighted by atomic mass is 19.3. The lowest BCUT2D eigenvalue weighted by molar-refractivity contribution is -0.385. The molecule has 114 valence electrons. The first-order chi connectivity index (χ1) is 9.70. The molecule has 1 aliphatic rings. The van der Waals surface area contributed by atoms with Gasteiger partial charge in [-0.05, 0) is 5.56 Å². The maximum Gasteiger partial charge on any atom is 0.281 e. The average molecular weight is 306 g/mol. The third-order valence-electron chi connectivity index (χ3n) is 3.42. The second kappa shape index (κ2) is 4.97. The van der Waals surface area contributed by atoms with Gasteiger partial charge in [0, 0.05) is 25.0 Å². The van der Waals surface area contributed by atoms with Crippen molar-refractivity contribution >= 4 is 11.6 Å². The van der Waals surface area contributed by atoms with Crippen molar-refractivity contribution in [1.29, 1.82) is 0 Å². The lowest BCUT2D eigenvalue weighted by Gasteiger charge is -2.43. The fourth-order valence-corrected chi connectivity index (χ4v) is 2.33. The van der Waals surface area contributed by atoms with Crippen LogP contribution in [0.3, 0.4) is 0 Å². The number of halogens is 4. The van der Waals surface area contributed by atoms with Crippen molar-refractivity contribution in [2.75, 3.05) is 0 Å². The Balaban J connectivity index is 2.64. The average Bonchev–Trinajstić information content (AvgIpc) is 2.41. The van der Waals surface area contributed by atoms with E-state index in [1.54, 1.807) is 5.32 Å². The summed E-state index contributed by atoms with van der Waals surface area (Å²) in [6.45, 7) is 0. The zero-order valence-electron chi connectivity index (χ0n) is 10.5. The summed E-state index contributed by atoms with van der Waals surface area (Å²) in [5.74, 6) is -4.88. The van der Waals surface area contributed by atoms with Gasteiger partial charge in [0.15, 0.2) is 5.54 Å². The number of amides is 1. The number of benzene rings is 1. The topological polar surface area (TPSA) is 72.2 Å². The summed E-state index contributed by atoms with van der Waals surface area (Å²) >= 11 is 0. The standard InChI is InChI=1S/C12H10F4N2O3/c13-10(14)12(11(15,16)5-4-9(19)17-12)7-2-1-3-8(6-7)18(20)21/h1-3,6,10H,4-5H2,(H,17,19)/t12-/m0/s1. The molecule has 1 aromatic carbocycles. The number of nitro benzene ring substituents is 1. The summed E-state index contributed by atoms with van der Waals surface area (Å²) in [5, 5.41) is 12.3. The molecule has 1 aromatic rings. The molecule has 1 heterocycles.